The number of rotatable bonds is 5. The van der Waals surface area contributed by atoms with Gasteiger partial charge in [-0.2, -0.15) is 5.10 Å². The highest BCUT2D eigenvalue weighted by Gasteiger charge is 2.20. The summed E-state index contributed by atoms with van der Waals surface area (Å²) in [7, 11) is 0. The van der Waals surface area contributed by atoms with Gasteiger partial charge in [0.1, 0.15) is 0 Å². The molecule has 0 N–H and O–H groups in total. The van der Waals surface area contributed by atoms with Crippen molar-refractivity contribution in [1.29, 1.82) is 0 Å². The molecular formula is C13H21ClN2O. The van der Waals surface area contributed by atoms with Gasteiger partial charge in [-0.3, -0.25) is 4.68 Å². The van der Waals surface area contributed by atoms with Crippen LogP contribution in [0.5, 0.6) is 0 Å². The minimum Gasteiger partial charge on any atom is -0.376 e. The van der Waals surface area contributed by atoms with Gasteiger partial charge >= 0.3 is 0 Å². The van der Waals surface area contributed by atoms with E-state index in [1.54, 1.807) is 0 Å². The third kappa shape index (κ3) is 2.66. The van der Waals surface area contributed by atoms with Crippen molar-refractivity contribution in [2.45, 2.75) is 58.1 Å². The van der Waals surface area contributed by atoms with Crippen LogP contribution in [0.3, 0.4) is 0 Å². The van der Waals surface area contributed by atoms with Crippen molar-refractivity contribution < 1.29 is 4.74 Å². The van der Waals surface area contributed by atoms with Crippen LogP contribution in [0.15, 0.2) is 0 Å². The molecule has 1 saturated heterocycles. The Labute approximate surface area is 108 Å². The zero-order valence-electron chi connectivity index (χ0n) is 10.7. The molecule has 1 fully saturated rings. The molecule has 96 valence electrons. The van der Waals surface area contributed by atoms with Crippen LogP contribution in [-0.4, -0.2) is 22.5 Å². The highest BCUT2D eigenvalue weighted by atomic mass is 35.5. The van der Waals surface area contributed by atoms with E-state index in [9.17, 15) is 0 Å². The van der Waals surface area contributed by atoms with Gasteiger partial charge in [0, 0.05) is 17.9 Å². The summed E-state index contributed by atoms with van der Waals surface area (Å²) in [4.78, 5) is 0. The molecule has 1 aromatic heterocycles. The molecule has 1 aromatic rings. The normalized spacial score (nSPS) is 20.1. The molecule has 1 aliphatic rings. The molecule has 1 unspecified atom stereocenters. The van der Waals surface area contributed by atoms with Crippen LogP contribution < -0.4 is 0 Å². The second-order valence-corrected chi connectivity index (χ2v) is 4.80. The van der Waals surface area contributed by atoms with E-state index in [1.807, 2.05) is 0 Å². The van der Waals surface area contributed by atoms with E-state index in [0.29, 0.717) is 12.0 Å². The van der Waals surface area contributed by atoms with E-state index in [4.69, 9.17) is 16.3 Å². The number of aryl methyl sites for hydroxylation is 1. The van der Waals surface area contributed by atoms with Crippen molar-refractivity contribution in [3.63, 3.8) is 0 Å². The van der Waals surface area contributed by atoms with Crippen molar-refractivity contribution in [2.75, 3.05) is 6.61 Å². The summed E-state index contributed by atoms with van der Waals surface area (Å²) in [5, 5.41) is 4.69. The molecule has 17 heavy (non-hydrogen) atoms. The number of alkyl halides is 1. The summed E-state index contributed by atoms with van der Waals surface area (Å²) in [6, 6.07) is 0. The van der Waals surface area contributed by atoms with Gasteiger partial charge in [0.05, 0.1) is 24.2 Å². The van der Waals surface area contributed by atoms with Crippen molar-refractivity contribution >= 4 is 11.6 Å². The lowest BCUT2D eigenvalue weighted by Gasteiger charge is -2.12. The van der Waals surface area contributed by atoms with E-state index in [2.05, 4.69) is 23.6 Å². The second kappa shape index (κ2) is 5.87. The van der Waals surface area contributed by atoms with Gasteiger partial charge in [-0.15, -0.1) is 11.6 Å². The minimum atomic E-state index is 0.341. The van der Waals surface area contributed by atoms with Gasteiger partial charge in [0.15, 0.2) is 0 Å². The number of hydrogen-bond donors (Lipinski definition) is 0. The summed E-state index contributed by atoms with van der Waals surface area (Å²) in [5.74, 6) is 0.567. The molecule has 4 heteroatoms. The average Bonchev–Trinajstić information content (AvgIpc) is 2.96. The van der Waals surface area contributed by atoms with Gasteiger partial charge in [0.2, 0.25) is 0 Å². The fraction of sp³-hybridized carbons (Fsp3) is 0.769. The maximum absolute atomic E-state index is 6.04. The van der Waals surface area contributed by atoms with E-state index < -0.39 is 0 Å². The standard InChI is InChI=1S/C13H21ClN2O/c1-3-12-11(8-14)13(4-2)16(15-12)9-10-6-5-7-17-10/h10H,3-9H2,1-2H3. The number of hydrogen-bond acceptors (Lipinski definition) is 2. The van der Waals surface area contributed by atoms with E-state index in [1.165, 1.54) is 17.7 Å². The van der Waals surface area contributed by atoms with E-state index in [-0.39, 0.29) is 0 Å². The zero-order chi connectivity index (χ0) is 12.3. The average molecular weight is 257 g/mol. The first-order chi connectivity index (χ1) is 8.30. The second-order valence-electron chi connectivity index (χ2n) is 4.53. The largest absolute Gasteiger partial charge is 0.376 e. The summed E-state index contributed by atoms with van der Waals surface area (Å²) in [6.45, 7) is 6.08. The van der Waals surface area contributed by atoms with Gasteiger partial charge in [-0.1, -0.05) is 13.8 Å². The van der Waals surface area contributed by atoms with Crippen molar-refractivity contribution in [2.24, 2.45) is 0 Å². The van der Waals surface area contributed by atoms with Crippen molar-refractivity contribution in [1.82, 2.24) is 9.78 Å². The first kappa shape index (κ1) is 12.9. The molecule has 2 rings (SSSR count). The van der Waals surface area contributed by atoms with Crippen LogP contribution >= 0.6 is 11.6 Å². The van der Waals surface area contributed by atoms with Gasteiger partial charge in [-0.25, -0.2) is 0 Å². The van der Waals surface area contributed by atoms with Gasteiger partial charge < -0.3 is 4.74 Å². The maximum Gasteiger partial charge on any atom is 0.0771 e. The number of aromatic nitrogens is 2. The molecule has 0 radical (unpaired) electrons. The van der Waals surface area contributed by atoms with Crippen molar-refractivity contribution in [3.8, 4) is 0 Å². The fourth-order valence-electron chi connectivity index (χ4n) is 2.56. The Hall–Kier alpha value is -0.540. The molecule has 0 spiro atoms. The summed E-state index contributed by atoms with van der Waals surface area (Å²) < 4.78 is 7.80. The lowest BCUT2D eigenvalue weighted by atomic mass is 10.1. The fourth-order valence-corrected chi connectivity index (χ4v) is 2.86. The Balaban J connectivity index is 2.22. The van der Waals surface area contributed by atoms with Gasteiger partial charge in [-0.05, 0) is 25.7 Å². The molecule has 0 amide bonds. The van der Waals surface area contributed by atoms with Crippen LogP contribution in [0.25, 0.3) is 0 Å². The molecule has 3 nitrogen and oxygen atoms in total. The Morgan fingerprint density at radius 1 is 1.41 bits per heavy atom. The maximum atomic E-state index is 6.04. The topological polar surface area (TPSA) is 27.1 Å². The van der Waals surface area contributed by atoms with Crippen LogP contribution in [0.2, 0.25) is 0 Å². The molecular weight excluding hydrogens is 236 g/mol. The van der Waals surface area contributed by atoms with Crippen LogP contribution in [0.4, 0.5) is 0 Å². The Bertz CT molecular complexity index is 370. The third-order valence-electron chi connectivity index (χ3n) is 3.45. The molecule has 0 saturated carbocycles. The van der Waals surface area contributed by atoms with Crippen LogP contribution in [0, 0.1) is 0 Å². The van der Waals surface area contributed by atoms with Crippen LogP contribution in [0.1, 0.15) is 43.6 Å². The minimum absolute atomic E-state index is 0.341. The zero-order valence-corrected chi connectivity index (χ0v) is 11.5. The van der Waals surface area contributed by atoms with E-state index >= 15 is 0 Å². The Morgan fingerprint density at radius 3 is 2.76 bits per heavy atom. The quantitative estimate of drug-likeness (QED) is 0.758. The summed E-state index contributed by atoms with van der Waals surface area (Å²) >= 11 is 6.04. The van der Waals surface area contributed by atoms with E-state index in [0.717, 1.165) is 38.1 Å². The highest BCUT2D eigenvalue weighted by Crippen LogP contribution is 2.21. The summed E-state index contributed by atoms with van der Waals surface area (Å²) in [5.41, 5.74) is 3.66. The van der Waals surface area contributed by atoms with Crippen LogP contribution in [-0.2, 0) is 30.0 Å². The molecule has 2 heterocycles. The summed E-state index contributed by atoms with van der Waals surface area (Å²) in [6.07, 6.45) is 4.61. The predicted octanol–water partition coefficient (Wildman–Crippen LogP) is 2.93. The Morgan fingerprint density at radius 2 is 2.24 bits per heavy atom. The first-order valence-corrected chi connectivity index (χ1v) is 7.08. The predicted molar refractivity (Wildman–Crippen MR) is 69.5 cm³/mol. The number of halogens is 1. The number of nitrogens with zero attached hydrogens (tertiary/aromatic N) is 2. The Kier molecular flexibility index (Phi) is 4.46. The third-order valence-corrected chi connectivity index (χ3v) is 3.72. The first-order valence-electron chi connectivity index (χ1n) is 6.55. The molecule has 1 aliphatic heterocycles. The molecule has 0 bridgehead atoms. The molecule has 0 aromatic carbocycles. The van der Waals surface area contributed by atoms with Crippen molar-refractivity contribution in [3.05, 3.63) is 17.0 Å². The number of ether oxygens (including phenoxy) is 1. The monoisotopic (exact) mass is 256 g/mol. The SMILES string of the molecule is CCc1nn(CC2CCCO2)c(CC)c1CCl. The molecule has 1 atom stereocenters. The smallest absolute Gasteiger partial charge is 0.0771 e. The highest BCUT2D eigenvalue weighted by molar-refractivity contribution is 6.17. The lowest BCUT2D eigenvalue weighted by Crippen LogP contribution is -2.18. The molecule has 0 aliphatic carbocycles. The lowest BCUT2D eigenvalue weighted by molar-refractivity contribution is 0.0931. The van der Waals surface area contributed by atoms with Gasteiger partial charge in [0.25, 0.3) is 0 Å².